The maximum atomic E-state index is 13.2. The predicted molar refractivity (Wildman–Crippen MR) is 113 cm³/mol. The van der Waals surface area contributed by atoms with Gasteiger partial charge in [-0.25, -0.2) is 10.2 Å². The fraction of sp³-hybridized carbons (Fsp3) is 0.455. The Morgan fingerprint density at radius 2 is 1.90 bits per heavy atom. The molecular weight excluding hydrogens is 382 g/mol. The van der Waals surface area contributed by atoms with Crippen molar-refractivity contribution in [2.45, 2.75) is 50.6 Å². The van der Waals surface area contributed by atoms with Crippen molar-refractivity contribution in [2.24, 2.45) is 10.8 Å². The van der Waals surface area contributed by atoms with E-state index in [4.69, 9.17) is 5.73 Å². The number of nitrogens with one attached hydrogen (secondary N) is 1. The zero-order valence-corrected chi connectivity index (χ0v) is 16.9. The van der Waals surface area contributed by atoms with Crippen molar-refractivity contribution in [3.63, 3.8) is 0 Å². The summed E-state index contributed by atoms with van der Waals surface area (Å²) in [6.07, 6.45) is 7.96. The number of primary amides is 1. The fourth-order valence-corrected chi connectivity index (χ4v) is 4.68. The number of amides is 4. The SMILES string of the molecule is NC(=O)NN=C[C@@H]1CCCN1C(=O)[C@@H]1CCCN1C(=O)CC1=Cc2ccccc2C1. The van der Waals surface area contributed by atoms with E-state index in [0.29, 0.717) is 25.9 Å². The minimum atomic E-state index is -0.738. The van der Waals surface area contributed by atoms with Crippen molar-refractivity contribution in [3.8, 4) is 0 Å². The summed E-state index contributed by atoms with van der Waals surface area (Å²) in [4.78, 5) is 40.6. The van der Waals surface area contributed by atoms with Crippen LogP contribution in [0.5, 0.6) is 0 Å². The Morgan fingerprint density at radius 1 is 1.13 bits per heavy atom. The molecule has 4 amide bonds. The van der Waals surface area contributed by atoms with Crippen LogP contribution in [0.1, 0.15) is 43.2 Å². The van der Waals surface area contributed by atoms with Crippen LogP contribution in [-0.4, -0.2) is 59.0 Å². The summed E-state index contributed by atoms with van der Waals surface area (Å²) in [6.45, 7) is 1.25. The third-order valence-corrected chi connectivity index (χ3v) is 6.07. The molecule has 2 saturated heterocycles. The number of hydrogen-bond donors (Lipinski definition) is 2. The lowest BCUT2D eigenvalue weighted by molar-refractivity contribution is -0.143. The Kier molecular flexibility index (Phi) is 5.83. The molecule has 3 N–H and O–H groups in total. The van der Waals surface area contributed by atoms with Gasteiger partial charge in [0.2, 0.25) is 11.8 Å². The highest BCUT2D eigenvalue weighted by Gasteiger charge is 2.39. The molecule has 2 aliphatic heterocycles. The summed E-state index contributed by atoms with van der Waals surface area (Å²) in [6, 6.07) is 6.84. The third-order valence-electron chi connectivity index (χ3n) is 6.07. The largest absolute Gasteiger partial charge is 0.350 e. The van der Waals surface area contributed by atoms with Crippen LogP contribution in [0.25, 0.3) is 6.08 Å². The summed E-state index contributed by atoms with van der Waals surface area (Å²) in [5.74, 6) is -0.0118. The monoisotopic (exact) mass is 409 g/mol. The first kappa shape index (κ1) is 20.1. The highest BCUT2D eigenvalue weighted by atomic mass is 16.2. The van der Waals surface area contributed by atoms with Crippen LogP contribution in [-0.2, 0) is 16.0 Å². The van der Waals surface area contributed by atoms with Gasteiger partial charge in [-0.1, -0.05) is 35.9 Å². The van der Waals surface area contributed by atoms with E-state index in [2.05, 4.69) is 28.7 Å². The quantitative estimate of drug-likeness (QED) is 0.570. The van der Waals surface area contributed by atoms with Gasteiger partial charge in [-0.15, -0.1) is 0 Å². The Labute approximate surface area is 175 Å². The van der Waals surface area contributed by atoms with Crippen molar-refractivity contribution < 1.29 is 14.4 Å². The zero-order chi connectivity index (χ0) is 21.1. The number of hydrogen-bond acceptors (Lipinski definition) is 4. The minimum absolute atomic E-state index is 0.0183. The molecule has 0 radical (unpaired) electrons. The molecule has 4 rings (SSSR count). The van der Waals surface area contributed by atoms with E-state index in [1.807, 2.05) is 12.1 Å². The van der Waals surface area contributed by atoms with E-state index >= 15 is 0 Å². The van der Waals surface area contributed by atoms with Crippen LogP contribution in [0.4, 0.5) is 4.79 Å². The minimum Gasteiger partial charge on any atom is -0.350 e. The first-order chi connectivity index (χ1) is 14.5. The van der Waals surface area contributed by atoms with Gasteiger partial charge in [-0.2, -0.15) is 5.10 Å². The molecule has 1 aromatic rings. The summed E-state index contributed by atoms with van der Waals surface area (Å²) in [5, 5.41) is 3.82. The van der Waals surface area contributed by atoms with Crippen LogP contribution in [0, 0.1) is 0 Å². The number of rotatable bonds is 5. The highest BCUT2D eigenvalue weighted by Crippen LogP contribution is 2.29. The number of likely N-dealkylation sites (tertiary alicyclic amines) is 2. The molecule has 0 spiro atoms. The molecule has 158 valence electrons. The van der Waals surface area contributed by atoms with E-state index in [9.17, 15) is 14.4 Å². The molecule has 1 aliphatic carbocycles. The van der Waals surface area contributed by atoms with Crippen molar-refractivity contribution in [1.82, 2.24) is 15.2 Å². The average molecular weight is 409 g/mol. The van der Waals surface area contributed by atoms with Gasteiger partial charge in [0, 0.05) is 25.7 Å². The number of fused-ring (bicyclic) bond motifs is 1. The number of carbonyl (C=O) groups is 3. The topological polar surface area (TPSA) is 108 Å². The van der Waals surface area contributed by atoms with Gasteiger partial charge in [0.05, 0.1) is 6.04 Å². The van der Waals surface area contributed by atoms with E-state index in [0.717, 1.165) is 31.3 Å². The first-order valence-corrected chi connectivity index (χ1v) is 10.5. The molecule has 8 heteroatoms. The molecule has 0 aromatic heterocycles. The van der Waals surface area contributed by atoms with Gasteiger partial charge in [0.15, 0.2) is 0 Å². The highest BCUT2D eigenvalue weighted by molar-refractivity contribution is 5.91. The lowest BCUT2D eigenvalue weighted by Gasteiger charge is -2.30. The summed E-state index contributed by atoms with van der Waals surface area (Å²) in [5.41, 5.74) is 10.7. The van der Waals surface area contributed by atoms with E-state index < -0.39 is 12.1 Å². The second-order valence-corrected chi connectivity index (χ2v) is 8.10. The third kappa shape index (κ3) is 4.22. The Morgan fingerprint density at radius 3 is 2.70 bits per heavy atom. The molecule has 2 heterocycles. The van der Waals surface area contributed by atoms with Crippen LogP contribution < -0.4 is 11.2 Å². The Balaban J connectivity index is 1.39. The number of nitrogens with two attached hydrogens (primary N) is 1. The smallest absolute Gasteiger partial charge is 0.332 e. The molecule has 2 fully saturated rings. The number of nitrogens with zero attached hydrogens (tertiary/aromatic N) is 3. The maximum absolute atomic E-state index is 13.2. The predicted octanol–water partition coefficient (Wildman–Crippen LogP) is 1.65. The molecule has 8 nitrogen and oxygen atoms in total. The second kappa shape index (κ2) is 8.69. The average Bonchev–Trinajstić information content (AvgIpc) is 3.45. The van der Waals surface area contributed by atoms with Crippen molar-refractivity contribution in [2.75, 3.05) is 13.1 Å². The summed E-state index contributed by atoms with van der Waals surface area (Å²) < 4.78 is 0. The lowest BCUT2D eigenvalue weighted by atomic mass is 10.1. The molecule has 0 bridgehead atoms. The van der Waals surface area contributed by atoms with Crippen molar-refractivity contribution >= 4 is 30.1 Å². The normalized spacial score (nSPS) is 23.0. The van der Waals surface area contributed by atoms with E-state index in [1.54, 1.807) is 16.0 Å². The van der Waals surface area contributed by atoms with Gasteiger partial charge in [-0.3, -0.25) is 9.59 Å². The molecule has 0 unspecified atom stereocenters. The van der Waals surface area contributed by atoms with Gasteiger partial charge >= 0.3 is 6.03 Å². The van der Waals surface area contributed by atoms with Gasteiger partial charge in [0.1, 0.15) is 6.04 Å². The Hall–Kier alpha value is -3.16. The van der Waals surface area contributed by atoms with Crippen molar-refractivity contribution in [1.29, 1.82) is 0 Å². The van der Waals surface area contributed by atoms with Crippen molar-refractivity contribution in [3.05, 3.63) is 41.0 Å². The first-order valence-electron chi connectivity index (χ1n) is 10.5. The number of benzene rings is 1. The lowest BCUT2D eigenvalue weighted by Crippen LogP contribution is -2.49. The number of hydrazone groups is 1. The second-order valence-electron chi connectivity index (χ2n) is 8.10. The van der Waals surface area contributed by atoms with Crippen LogP contribution in [0.3, 0.4) is 0 Å². The molecule has 2 atom stereocenters. The Bertz CT molecular complexity index is 910. The summed E-state index contributed by atoms with van der Waals surface area (Å²) >= 11 is 0. The molecule has 3 aliphatic rings. The van der Waals surface area contributed by atoms with Gasteiger partial charge < -0.3 is 15.5 Å². The fourth-order valence-electron chi connectivity index (χ4n) is 4.68. The van der Waals surface area contributed by atoms with Crippen LogP contribution in [0.2, 0.25) is 0 Å². The number of urea groups is 1. The summed E-state index contributed by atoms with van der Waals surface area (Å²) in [7, 11) is 0. The number of carbonyl (C=O) groups excluding carboxylic acids is 3. The molecule has 0 saturated carbocycles. The van der Waals surface area contributed by atoms with Crippen LogP contribution >= 0.6 is 0 Å². The van der Waals surface area contributed by atoms with Gasteiger partial charge in [-0.05, 0) is 43.2 Å². The zero-order valence-electron chi connectivity index (χ0n) is 16.9. The van der Waals surface area contributed by atoms with Gasteiger partial charge in [0.25, 0.3) is 0 Å². The molecular formula is C22H27N5O3. The molecule has 1 aromatic carbocycles. The molecule has 30 heavy (non-hydrogen) atoms. The standard InChI is InChI=1S/C22H27N5O3/c23-22(30)25-24-14-18-7-3-9-26(18)21(29)19-8-4-10-27(19)20(28)13-15-11-16-5-1-2-6-17(16)12-15/h1-2,5-6,11,14,18-19H,3-4,7-10,12-13H2,(H3,23,25,30)/t18-,19-/m0/s1. The van der Waals surface area contributed by atoms with E-state index in [-0.39, 0.29) is 17.9 Å². The van der Waals surface area contributed by atoms with E-state index in [1.165, 1.54) is 11.1 Å². The van der Waals surface area contributed by atoms with Crippen LogP contribution in [0.15, 0.2) is 34.9 Å². The maximum Gasteiger partial charge on any atom is 0.332 e.